The zero-order valence-corrected chi connectivity index (χ0v) is 13.6. The molecule has 0 radical (unpaired) electrons. The first-order chi connectivity index (χ1) is 9.36. The van der Waals surface area contributed by atoms with E-state index >= 15 is 0 Å². The number of thiazole rings is 1. The molecule has 1 aromatic rings. The van der Waals surface area contributed by atoms with E-state index < -0.39 is 10.0 Å². The van der Waals surface area contributed by atoms with Crippen LogP contribution in [-0.2, 0) is 10.0 Å². The van der Waals surface area contributed by atoms with Gasteiger partial charge in [-0.05, 0) is 31.1 Å². The van der Waals surface area contributed by atoms with Gasteiger partial charge in [-0.1, -0.05) is 38.0 Å². The van der Waals surface area contributed by atoms with Gasteiger partial charge in [0, 0.05) is 6.04 Å². The third kappa shape index (κ3) is 4.17. The highest BCUT2D eigenvalue weighted by molar-refractivity contribution is 7.91. The Bertz CT molecular complexity index is 540. The summed E-state index contributed by atoms with van der Waals surface area (Å²) in [5.74, 6) is 1.54. The molecule has 1 aliphatic rings. The Labute approximate surface area is 125 Å². The number of aromatic nitrogens is 1. The monoisotopic (exact) mass is 317 g/mol. The number of primary sulfonamides is 1. The molecular formula is C13H23N3O2S2. The normalized spacial score (nSPS) is 24.6. The Morgan fingerprint density at radius 3 is 2.70 bits per heavy atom. The van der Waals surface area contributed by atoms with Crippen molar-refractivity contribution in [3.05, 3.63) is 6.20 Å². The van der Waals surface area contributed by atoms with Crippen LogP contribution in [0.4, 0.5) is 5.13 Å². The first-order valence-electron chi connectivity index (χ1n) is 7.11. The van der Waals surface area contributed by atoms with Crippen LogP contribution in [0.1, 0.15) is 46.0 Å². The second-order valence-electron chi connectivity index (χ2n) is 5.88. The highest BCUT2D eigenvalue weighted by atomic mass is 32.2. The van der Waals surface area contributed by atoms with Crippen molar-refractivity contribution in [2.75, 3.05) is 5.32 Å². The van der Waals surface area contributed by atoms with E-state index in [2.05, 4.69) is 24.1 Å². The Hall–Kier alpha value is -0.660. The van der Waals surface area contributed by atoms with E-state index in [4.69, 9.17) is 5.14 Å². The van der Waals surface area contributed by atoms with Gasteiger partial charge in [0.2, 0.25) is 10.0 Å². The highest BCUT2D eigenvalue weighted by Gasteiger charge is 2.22. The Balaban J connectivity index is 1.95. The van der Waals surface area contributed by atoms with Crippen LogP contribution in [0.2, 0.25) is 0 Å². The van der Waals surface area contributed by atoms with Gasteiger partial charge in [-0.15, -0.1) is 0 Å². The summed E-state index contributed by atoms with van der Waals surface area (Å²) in [5, 5.41) is 9.11. The molecule has 5 nitrogen and oxygen atoms in total. The minimum absolute atomic E-state index is 0.119. The molecule has 20 heavy (non-hydrogen) atoms. The largest absolute Gasteiger partial charge is 0.359 e. The number of anilines is 1. The zero-order chi connectivity index (χ0) is 14.8. The lowest BCUT2D eigenvalue weighted by Gasteiger charge is -2.18. The summed E-state index contributed by atoms with van der Waals surface area (Å²) in [6.07, 6.45) is 7.30. The van der Waals surface area contributed by atoms with E-state index in [0.717, 1.165) is 36.0 Å². The molecule has 1 aliphatic carbocycles. The summed E-state index contributed by atoms with van der Waals surface area (Å²) in [4.78, 5) is 4.11. The number of hydrogen-bond donors (Lipinski definition) is 2. The number of sulfonamides is 1. The van der Waals surface area contributed by atoms with Crippen molar-refractivity contribution in [2.45, 2.75) is 56.2 Å². The van der Waals surface area contributed by atoms with Gasteiger partial charge in [-0.2, -0.15) is 0 Å². The molecule has 1 aromatic heterocycles. The highest BCUT2D eigenvalue weighted by Crippen LogP contribution is 2.31. The summed E-state index contributed by atoms with van der Waals surface area (Å²) in [6.45, 7) is 4.58. The number of hydrogen-bond acceptors (Lipinski definition) is 5. The number of nitrogens with two attached hydrogens (primary N) is 1. The molecule has 114 valence electrons. The second kappa shape index (κ2) is 6.41. The molecule has 0 spiro atoms. The van der Waals surface area contributed by atoms with Crippen molar-refractivity contribution in [1.29, 1.82) is 0 Å². The maximum absolute atomic E-state index is 11.2. The molecule has 0 saturated heterocycles. The average molecular weight is 317 g/mol. The SMILES string of the molecule is CC(C)C1CCCC(Nc2ncc(S(N)(=O)=O)s2)CC1. The first-order valence-corrected chi connectivity index (χ1v) is 9.47. The fourth-order valence-corrected chi connectivity index (χ4v) is 4.30. The van der Waals surface area contributed by atoms with Crippen LogP contribution >= 0.6 is 11.3 Å². The van der Waals surface area contributed by atoms with Crippen LogP contribution in [-0.4, -0.2) is 19.4 Å². The second-order valence-corrected chi connectivity index (χ2v) is 8.70. The molecule has 7 heteroatoms. The van der Waals surface area contributed by atoms with Crippen molar-refractivity contribution in [3.8, 4) is 0 Å². The number of rotatable bonds is 4. The van der Waals surface area contributed by atoms with Gasteiger partial charge in [0.25, 0.3) is 0 Å². The van der Waals surface area contributed by atoms with E-state index in [1.807, 2.05) is 0 Å². The topological polar surface area (TPSA) is 85.1 Å². The Morgan fingerprint density at radius 2 is 2.10 bits per heavy atom. The predicted molar refractivity (Wildman–Crippen MR) is 82.3 cm³/mol. The predicted octanol–water partition coefficient (Wildman–Crippen LogP) is 2.81. The molecule has 1 saturated carbocycles. The fraction of sp³-hybridized carbons (Fsp3) is 0.769. The molecule has 2 unspecified atom stereocenters. The molecule has 1 heterocycles. The first kappa shape index (κ1) is 15.7. The molecular weight excluding hydrogens is 294 g/mol. The molecule has 3 N–H and O–H groups in total. The van der Waals surface area contributed by atoms with Crippen molar-refractivity contribution in [1.82, 2.24) is 4.98 Å². The van der Waals surface area contributed by atoms with Crippen LogP contribution in [0.3, 0.4) is 0 Å². The standard InChI is InChI=1S/C13H23N3O2S2/c1-9(2)10-4-3-5-11(7-6-10)16-13-15-8-12(19-13)20(14,17)18/h8-11H,3-7H2,1-2H3,(H,15,16)(H2,14,17,18). The Kier molecular flexibility index (Phi) is 5.04. The molecule has 0 aliphatic heterocycles. The van der Waals surface area contributed by atoms with Crippen molar-refractivity contribution in [2.24, 2.45) is 17.0 Å². The van der Waals surface area contributed by atoms with Crippen LogP contribution in [0.25, 0.3) is 0 Å². The van der Waals surface area contributed by atoms with Crippen molar-refractivity contribution < 1.29 is 8.42 Å². The smallest absolute Gasteiger partial charge is 0.249 e. The molecule has 1 fully saturated rings. The number of nitrogens with one attached hydrogen (secondary N) is 1. The van der Waals surface area contributed by atoms with Crippen LogP contribution in [0.5, 0.6) is 0 Å². The molecule has 0 bridgehead atoms. The lowest BCUT2D eigenvalue weighted by molar-refractivity contribution is 0.341. The third-order valence-electron chi connectivity index (χ3n) is 4.05. The van der Waals surface area contributed by atoms with Crippen LogP contribution in [0, 0.1) is 11.8 Å². The van der Waals surface area contributed by atoms with E-state index in [-0.39, 0.29) is 4.21 Å². The average Bonchev–Trinajstić information content (AvgIpc) is 2.68. The minimum atomic E-state index is -3.63. The molecule has 0 amide bonds. The van der Waals surface area contributed by atoms with Gasteiger partial charge >= 0.3 is 0 Å². The summed E-state index contributed by atoms with van der Waals surface area (Å²) >= 11 is 1.11. The van der Waals surface area contributed by atoms with E-state index in [0.29, 0.717) is 11.2 Å². The number of nitrogens with zero attached hydrogens (tertiary/aromatic N) is 1. The molecule has 2 rings (SSSR count). The summed E-state index contributed by atoms with van der Waals surface area (Å²) < 4.78 is 22.6. The van der Waals surface area contributed by atoms with Gasteiger partial charge in [0.05, 0.1) is 6.20 Å². The maximum Gasteiger partial charge on any atom is 0.249 e. The van der Waals surface area contributed by atoms with Gasteiger partial charge in [-0.3, -0.25) is 0 Å². The lowest BCUT2D eigenvalue weighted by Crippen LogP contribution is -2.18. The summed E-state index contributed by atoms with van der Waals surface area (Å²) in [6, 6.07) is 0.387. The third-order valence-corrected chi connectivity index (χ3v) is 6.39. The minimum Gasteiger partial charge on any atom is -0.359 e. The van der Waals surface area contributed by atoms with Crippen molar-refractivity contribution in [3.63, 3.8) is 0 Å². The lowest BCUT2D eigenvalue weighted by atomic mass is 9.89. The van der Waals surface area contributed by atoms with Gasteiger partial charge in [-0.25, -0.2) is 18.5 Å². The van der Waals surface area contributed by atoms with E-state index in [1.54, 1.807) is 0 Å². The van der Waals surface area contributed by atoms with E-state index in [9.17, 15) is 8.42 Å². The molecule has 0 aromatic carbocycles. The summed E-state index contributed by atoms with van der Waals surface area (Å²) in [7, 11) is -3.63. The summed E-state index contributed by atoms with van der Waals surface area (Å²) in [5.41, 5.74) is 0. The van der Waals surface area contributed by atoms with Gasteiger partial charge in [0.1, 0.15) is 0 Å². The van der Waals surface area contributed by atoms with Gasteiger partial charge in [0.15, 0.2) is 9.34 Å². The van der Waals surface area contributed by atoms with Crippen LogP contribution in [0.15, 0.2) is 10.4 Å². The van der Waals surface area contributed by atoms with Gasteiger partial charge < -0.3 is 5.32 Å². The maximum atomic E-state index is 11.2. The van der Waals surface area contributed by atoms with Crippen molar-refractivity contribution >= 4 is 26.5 Å². The molecule has 2 atom stereocenters. The fourth-order valence-electron chi connectivity index (χ4n) is 2.77. The Morgan fingerprint density at radius 1 is 1.35 bits per heavy atom. The van der Waals surface area contributed by atoms with E-state index in [1.165, 1.54) is 25.5 Å². The van der Waals surface area contributed by atoms with Crippen LogP contribution < -0.4 is 10.5 Å². The quantitative estimate of drug-likeness (QED) is 0.836. The zero-order valence-electron chi connectivity index (χ0n) is 12.0.